The van der Waals surface area contributed by atoms with Crippen LogP contribution in [0.25, 0.3) is 0 Å². The van der Waals surface area contributed by atoms with Gasteiger partial charge in [-0.3, -0.25) is 0 Å². The van der Waals surface area contributed by atoms with E-state index in [2.05, 4.69) is 0 Å². The van der Waals surface area contributed by atoms with Crippen molar-refractivity contribution < 1.29 is 21.6 Å². The summed E-state index contributed by atoms with van der Waals surface area (Å²) in [5.74, 6) is 0. The van der Waals surface area contributed by atoms with Gasteiger partial charge in [-0.15, -0.1) is 12.4 Å². The molecule has 17 heavy (non-hydrogen) atoms. The Morgan fingerprint density at radius 2 is 1.82 bits per heavy atom. The lowest BCUT2D eigenvalue weighted by Crippen LogP contribution is -2.28. The molecule has 2 N–H and O–H groups in total. The molecule has 1 aromatic carbocycles. The van der Waals surface area contributed by atoms with Crippen molar-refractivity contribution in [3.8, 4) is 0 Å². The smallest absolute Gasteiger partial charge is 0.316 e. The van der Waals surface area contributed by atoms with Crippen LogP contribution < -0.4 is 5.73 Å². The number of halogens is 4. The van der Waals surface area contributed by atoms with Gasteiger partial charge in [-0.05, 0) is 17.7 Å². The van der Waals surface area contributed by atoms with Crippen molar-refractivity contribution in [1.82, 2.24) is 0 Å². The molecule has 98 valence electrons. The lowest BCUT2D eigenvalue weighted by atomic mass is 10.1. The average Bonchev–Trinajstić information content (AvgIpc) is 2.14. The molecule has 0 radical (unpaired) electrons. The largest absolute Gasteiger partial charge is 0.407 e. The fourth-order valence-corrected chi connectivity index (χ4v) is 1.80. The minimum atomic E-state index is -4.59. The van der Waals surface area contributed by atoms with Crippen LogP contribution in [0.3, 0.4) is 0 Å². The van der Waals surface area contributed by atoms with Gasteiger partial charge in [-0.25, -0.2) is 8.42 Å². The highest BCUT2D eigenvalue weighted by molar-refractivity contribution is 7.90. The third-order valence-electron chi connectivity index (χ3n) is 2.00. The molecule has 0 heterocycles. The fourth-order valence-electron chi connectivity index (χ4n) is 1.13. The first-order chi connectivity index (χ1) is 7.12. The summed E-state index contributed by atoms with van der Waals surface area (Å²) in [6, 6.07) is 2.37. The Morgan fingerprint density at radius 1 is 1.29 bits per heavy atom. The predicted molar refractivity (Wildman–Crippen MR) is 59.8 cm³/mol. The van der Waals surface area contributed by atoms with E-state index in [4.69, 9.17) is 5.73 Å². The predicted octanol–water partition coefficient (Wildman–Crippen LogP) is 2.07. The van der Waals surface area contributed by atoms with E-state index in [0.717, 1.165) is 18.4 Å². The van der Waals surface area contributed by atoms with Gasteiger partial charge in [0.05, 0.1) is 4.90 Å². The van der Waals surface area contributed by atoms with Crippen LogP contribution in [0.15, 0.2) is 29.2 Å². The van der Waals surface area contributed by atoms with Crippen LogP contribution in [0.2, 0.25) is 0 Å². The molecule has 1 aromatic rings. The van der Waals surface area contributed by atoms with E-state index in [1.165, 1.54) is 12.1 Å². The molecule has 0 saturated carbocycles. The number of rotatable bonds is 2. The normalized spacial score (nSPS) is 13.9. The van der Waals surface area contributed by atoms with E-state index in [1.54, 1.807) is 0 Å². The van der Waals surface area contributed by atoms with E-state index in [-0.39, 0.29) is 22.9 Å². The molecule has 0 unspecified atom stereocenters. The number of benzene rings is 1. The van der Waals surface area contributed by atoms with Crippen molar-refractivity contribution in [2.75, 3.05) is 6.26 Å². The summed E-state index contributed by atoms with van der Waals surface area (Å²) in [5, 5.41) is 0. The summed E-state index contributed by atoms with van der Waals surface area (Å²) in [6.07, 6.45) is -3.67. The second-order valence-corrected chi connectivity index (χ2v) is 5.38. The average molecular weight is 290 g/mol. The monoisotopic (exact) mass is 289 g/mol. The van der Waals surface area contributed by atoms with Crippen molar-refractivity contribution in [3.63, 3.8) is 0 Å². The molecule has 0 spiro atoms. The molecule has 0 aliphatic heterocycles. The van der Waals surface area contributed by atoms with E-state index in [0.29, 0.717) is 0 Å². The molecule has 0 aliphatic rings. The highest BCUT2D eigenvalue weighted by Gasteiger charge is 2.38. The molecule has 1 rings (SSSR count). The SMILES string of the molecule is CS(=O)(=O)c1cccc([C@H](N)C(F)(F)F)c1.Cl. The number of alkyl halides is 3. The molecule has 3 nitrogen and oxygen atoms in total. The van der Waals surface area contributed by atoms with Crippen molar-refractivity contribution in [2.45, 2.75) is 17.1 Å². The van der Waals surface area contributed by atoms with Crippen molar-refractivity contribution >= 4 is 22.2 Å². The van der Waals surface area contributed by atoms with Crippen LogP contribution in [-0.4, -0.2) is 20.8 Å². The van der Waals surface area contributed by atoms with Gasteiger partial charge in [0.1, 0.15) is 6.04 Å². The first kappa shape index (κ1) is 16.2. The lowest BCUT2D eigenvalue weighted by molar-refractivity contribution is -0.149. The molecule has 1 atom stereocenters. The molecule has 8 heteroatoms. The van der Waals surface area contributed by atoms with E-state index in [1.807, 2.05) is 0 Å². The lowest BCUT2D eigenvalue weighted by Gasteiger charge is -2.16. The zero-order chi connectivity index (χ0) is 12.6. The van der Waals surface area contributed by atoms with Gasteiger partial charge in [0, 0.05) is 6.26 Å². The molecule has 0 bridgehead atoms. The molecular formula is C9H11ClF3NO2S. The van der Waals surface area contributed by atoms with Crippen LogP contribution in [0.4, 0.5) is 13.2 Å². The molecule has 0 aromatic heterocycles. The van der Waals surface area contributed by atoms with Crippen LogP contribution in [0.5, 0.6) is 0 Å². The van der Waals surface area contributed by atoms with Crippen LogP contribution in [0.1, 0.15) is 11.6 Å². The van der Waals surface area contributed by atoms with Gasteiger partial charge in [-0.1, -0.05) is 12.1 Å². The highest BCUT2D eigenvalue weighted by atomic mass is 35.5. The van der Waals surface area contributed by atoms with Gasteiger partial charge in [-0.2, -0.15) is 13.2 Å². The molecule has 0 amide bonds. The topological polar surface area (TPSA) is 60.2 Å². The first-order valence-corrected chi connectivity index (χ1v) is 6.14. The van der Waals surface area contributed by atoms with Gasteiger partial charge in [0.15, 0.2) is 9.84 Å². The summed E-state index contributed by atoms with van der Waals surface area (Å²) >= 11 is 0. The summed E-state index contributed by atoms with van der Waals surface area (Å²) in [7, 11) is -3.53. The summed E-state index contributed by atoms with van der Waals surface area (Å²) < 4.78 is 59.1. The Kier molecular flexibility index (Phi) is 5.00. The number of hydrogen-bond donors (Lipinski definition) is 1. The van der Waals surface area contributed by atoms with E-state index in [9.17, 15) is 21.6 Å². The van der Waals surface area contributed by atoms with Crippen LogP contribution in [0, 0.1) is 0 Å². The Hall–Kier alpha value is -0.790. The van der Waals surface area contributed by atoms with Crippen LogP contribution >= 0.6 is 12.4 Å². The van der Waals surface area contributed by atoms with E-state index >= 15 is 0 Å². The fraction of sp³-hybridized carbons (Fsp3) is 0.333. The maximum atomic E-state index is 12.3. The molecular weight excluding hydrogens is 279 g/mol. The second kappa shape index (κ2) is 5.24. The molecule has 0 aliphatic carbocycles. The third-order valence-corrected chi connectivity index (χ3v) is 3.11. The first-order valence-electron chi connectivity index (χ1n) is 4.24. The Morgan fingerprint density at radius 3 is 2.24 bits per heavy atom. The van der Waals surface area contributed by atoms with Crippen molar-refractivity contribution in [1.29, 1.82) is 0 Å². The minimum absolute atomic E-state index is 0. The second-order valence-electron chi connectivity index (χ2n) is 3.36. The minimum Gasteiger partial charge on any atom is -0.316 e. The van der Waals surface area contributed by atoms with E-state index < -0.39 is 22.1 Å². The maximum Gasteiger partial charge on any atom is 0.407 e. The summed E-state index contributed by atoms with van der Waals surface area (Å²) in [5.41, 5.74) is 4.70. The third kappa shape index (κ3) is 4.18. The number of hydrogen-bond acceptors (Lipinski definition) is 3. The highest BCUT2D eigenvalue weighted by Crippen LogP contribution is 2.31. The zero-order valence-corrected chi connectivity index (χ0v) is 10.4. The van der Waals surface area contributed by atoms with Crippen molar-refractivity contribution in [3.05, 3.63) is 29.8 Å². The Balaban J connectivity index is 0.00000256. The van der Waals surface area contributed by atoms with Gasteiger partial charge < -0.3 is 5.73 Å². The van der Waals surface area contributed by atoms with Gasteiger partial charge in [0.2, 0.25) is 0 Å². The summed E-state index contributed by atoms with van der Waals surface area (Å²) in [4.78, 5) is -0.176. The standard InChI is InChI=1S/C9H10F3NO2S.ClH/c1-16(14,15)7-4-2-3-6(5-7)8(13)9(10,11)12;/h2-5,8H,13H2,1H3;1H/t8-;/m0./s1. The van der Waals surface area contributed by atoms with Crippen molar-refractivity contribution in [2.24, 2.45) is 5.73 Å². The van der Waals surface area contributed by atoms with Gasteiger partial charge in [0.25, 0.3) is 0 Å². The van der Waals surface area contributed by atoms with Crippen LogP contribution in [-0.2, 0) is 9.84 Å². The maximum absolute atomic E-state index is 12.3. The number of sulfone groups is 1. The quantitative estimate of drug-likeness (QED) is 0.907. The number of nitrogens with two attached hydrogens (primary N) is 1. The molecule has 0 fully saturated rings. The molecule has 0 saturated heterocycles. The Bertz CT molecular complexity index is 487. The zero-order valence-electron chi connectivity index (χ0n) is 8.73. The van der Waals surface area contributed by atoms with Gasteiger partial charge >= 0.3 is 6.18 Å². The summed E-state index contributed by atoms with van der Waals surface area (Å²) in [6.45, 7) is 0. The Labute approximate surface area is 103 Å².